The Morgan fingerprint density at radius 3 is 3.12 bits per heavy atom. The number of rotatable bonds is 2. The Kier molecular flexibility index (Phi) is 4.76. The maximum absolute atomic E-state index is 11.9. The van der Waals surface area contributed by atoms with Gasteiger partial charge in [0.05, 0.1) is 0 Å². The zero-order valence-corrected chi connectivity index (χ0v) is 10.00. The van der Waals surface area contributed by atoms with Crippen molar-refractivity contribution < 1.29 is 9.32 Å². The van der Waals surface area contributed by atoms with Crippen LogP contribution in [0.25, 0.3) is 0 Å². The predicted molar refractivity (Wildman–Crippen MR) is 61.7 cm³/mol. The Balaban J connectivity index is 0.00000128. The summed E-state index contributed by atoms with van der Waals surface area (Å²) in [6.45, 7) is 1.56. The predicted octanol–water partition coefficient (Wildman–Crippen LogP) is 0.920. The van der Waals surface area contributed by atoms with Gasteiger partial charge in [0.2, 0.25) is 0 Å². The second-order valence-electron chi connectivity index (χ2n) is 3.76. The fourth-order valence-corrected chi connectivity index (χ4v) is 1.88. The maximum Gasteiger partial charge on any atom is 0.276 e. The Labute approximate surface area is 101 Å². The number of aromatic nitrogens is 1. The first kappa shape index (κ1) is 13.0. The molecule has 1 atom stereocenters. The molecular weight excluding hydrogens is 230 g/mol. The molecule has 2 heterocycles. The summed E-state index contributed by atoms with van der Waals surface area (Å²) in [5.41, 5.74) is 0.395. The molecule has 0 aromatic carbocycles. The fourth-order valence-electron chi connectivity index (χ4n) is 1.88. The number of halogens is 1. The molecular formula is C10H16ClN3O2. The second kappa shape index (κ2) is 5.86. The summed E-state index contributed by atoms with van der Waals surface area (Å²) in [5.74, 6) is -0.0382. The van der Waals surface area contributed by atoms with E-state index < -0.39 is 0 Å². The molecule has 0 aliphatic carbocycles. The van der Waals surface area contributed by atoms with E-state index >= 15 is 0 Å². The van der Waals surface area contributed by atoms with Gasteiger partial charge < -0.3 is 14.7 Å². The molecule has 2 rings (SSSR count). The normalized spacial score (nSPS) is 20.3. The van der Waals surface area contributed by atoms with E-state index in [4.69, 9.17) is 0 Å². The molecule has 1 aromatic heterocycles. The van der Waals surface area contributed by atoms with Crippen LogP contribution >= 0.6 is 12.4 Å². The third kappa shape index (κ3) is 2.74. The molecule has 5 nitrogen and oxygen atoms in total. The molecule has 0 bridgehead atoms. The number of amides is 1. The van der Waals surface area contributed by atoms with E-state index in [1.807, 2.05) is 11.9 Å². The molecule has 1 unspecified atom stereocenters. The van der Waals surface area contributed by atoms with E-state index in [0.717, 1.165) is 25.9 Å². The SMILES string of the molecule is CNC1CCCN(C(=O)c2ccon2)C1.Cl. The minimum atomic E-state index is -0.0382. The van der Waals surface area contributed by atoms with Gasteiger partial charge in [0.15, 0.2) is 5.69 Å². The number of nitrogens with one attached hydrogen (secondary N) is 1. The second-order valence-corrected chi connectivity index (χ2v) is 3.76. The third-order valence-corrected chi connectivity index (χ3v) is 2.77. The van der Waals surface area contributed by atoms with Crippen LogP contribution in [0.3, 0.4) is 0 Å². The standard InChI is InChI=1S/C10H15N3O2.ClH/c1-11-8-3-2-5-13(7-8)10(14)9-4-6-15-12-9;/h4,6,8,11H,2-3,5,7H2,1H3;1H. The van der Waals surface area contributed by atoms with E-state index in [1.54, 1.807) is 6.07 Å². The van der Waals surface area contributed by atoms with E-state index in [-0.39, 0.29) is 18.3 Å². The highest BCUT2D eigenvalue weighted by molar-refractivity contribution is 5.92. The van der Waals surface area contributed by atoms with Gasteiger partial charge in [-0.3, -0.25) is 4.79 Å². The summed E-state index contributed by atoms with van der Waals surface area (Å²) < 4.78 is 4.67. The van der Waals surface area contributed by atoms with Crippen LogP contribution in [0.2, 0.25) is 0 Å². The van der Waals surface area contributed by atoms with Crippen LogP contribution in [-0.4, -0.2) is 42.1 Å². The van der Waals surface area contributed by atoms with Crippen LogP contribution in [-0.2, 0) is 0 Å². The van der Waals surface area contributed by atoms with E-state index in [1.165, 1.54) is 6.26 Å². The minimum absolute atomic E-state index is 0. The zero-order valence-electron chi connectivity index (χ0n) is 9.18. The molecule has 1 aromatic rings. The molecule has 1 aliphatic rings. The van der Waals surface area contributed by atoms with Crippen molar-refractivity contribution in [3.8, 4) is 0 Å². The summed E-state index contributed by atoms with van der Waals surface area (Å²) in [7, 11) is 1.93. The molecule has 16 heavy (non-hydrogen) atoms. The molecule has 1 aliphatic heterocycles. The van der Waals surface area contributed by atoms with Crippen molar-refractivity contribution in [1.29, 1.82) is 0 Å². The number of carbonyl (C=O) groups is 1. The van der Waals surface area contributed by atoms with Gasteiger partial charge in [-0.05, 0) is 19.9 Å². The summed E-state index contributed by atoms with van der Waals surface area (Å²) in [4.78, 5) is 13.7. The van der Waals surface area contributed by atoms with Gasteiger partial charge in [-0.2, -0.15) is 0 Å². The Morgan fingerprint density at radius 2 is 2.50 bits per heavy atom. The molecule has 90 valence electrons. The van der Waals surface area contributed by atoms with Crippen LogP contribution in [0.15, 0.2) is 16.9 Å². The summed E-state index contributed by atoms with van der Waals surface area (Å²) in [6.07, 6.45) is 3.58. The van der Waals surface area contributed by atoms with E-state index in [9.17, 15) is 4.79 Å². The van der Waals surface area contributed by atoms with Crippen molar-refractivity contribution in [2.45, 2.75) is 18.9 Å². The first-order valence-corrected chi connectivity index (χ1v) is 5.18. The average molecular weight is 246 g/mol. The van der Waals surface area contributed by atoms with Crippen LogP contribution in [0, 0.1) is 0 Å². The van der Waals surface area contributed by atoms with Gasteiger partial charge in [0.1, 0.15) is 6.26 Å². The van der Waals surface area contributed by atoms with Gasteiger partial charge >= 0.3 is 0 Å². The Bertz CT molecular complexity index is 329. The number of carbonyl (C=O) groups excluding carboxylic acids is 1. The zero-order chi connectivity index (χ0) is 10.7. The highest BCUT2D eigenvalue weighted by Gasteiger charge is 2.24. The highest BCUT2D eigenvalue weighted by Crippen LogP contribution is 2.12. The monoisotopic (exact) mass is 245 g/mol. The van der Waals surface area contributed by atoms with Crippen LogP contribution in [0.1, 0.15) is 23.3 Å². The smallest absolute Gasteiger partial charge is 0.276 e. The van der Waals surface area contributed by atoms with Gasteiger partial charge in [0.25, 0.3) is 5.91 Å². The first-order valence-electron chi connectivity index (χ1n) is 5.18. The Hall–Kier alpha value is -1.07. The van der Waals surface area contributed by atoms with Gasteiger partial charge in [0, 0.05) is 25.2 Å². The lowest BCUT2D eigenvalue weighted by Gasteiger charge is -2.31. The summed E-state index contributed by atoms with van der Waals surface area (Å²) in [5, 5.41) is 6.85. The van der Waals surface area contributed by atoms with Gasteiger partial charge in [-0.1, -0.05) is 5.16 Å². The quantitative estimate of drug-likeness (QED) is 0.842. The summed E-state index contributed by atoms with van der Waals surface area (Å²) in [6, 6.07) is 2.00. The minimum Gasteiger partial charge on any atom is -0.364 e. The van der Waals surface area contributed by atoms with Crippen molar-refractivity contribution in [1.82, 2.24) is 15.4 Å². The van der Waals surface area contributed by atoms with Crippen molar-refractivity contribution in [3.05, 3.63) is 18.0 Å². The lowest BCUT2D eigenvalue weighted by atomic mass is 10.1. The number of piperidine rings is 1. The van der Waals surface area contributed by atoms with E-state index in [0.29, 0.717) is 11.7 Å². The fraction of sp³-hybridized carbons (Fsp3) is 0.600. The molecule has 6 heteroatoms. The molecule has 0 saturated carbocycles. The van der Waals surface area contributed by atoms with Crippen molar-refractivity contribution in [2.24, 2.45) is 0 Å². The Morgan fingerprint density at radius 1 is 1.69 bits per heavy atom. The number of likely N-dealkylation sites (tertiary alicyclic amines) is 1. The number of likely N-dealkylation sites (N-methyl/N-ethyl adjacent to an activating group) is 1. The van der Waals surface area contributed by atoms with Crippen molar-refractivity contribution in [2.75, 3.05) is 20.1 Å². The van der Waals surface area contributed by atoms with Crippen LogP contribution < -0.4 is 5.32 Å². The number of hydrogen-bond acceptors (Lipinski definition) is 4. The van der Waals surface area contributed by atoms with Gasteiger partial charge in [-0.15, -0.1) is 12.4 Å². The lowest BCUT2D eigenvalue weighted by Crippen LogP contribution is -2.47. The summed E-state index contributed by atoms with van der Waals surface area (Å²) >= 11 is 0. The average Bonchev–Trinajstić information content (AvgIpc) is 2.81. The van der Waals surface area contributed by atoms with Crippen molar-refractivity contribution in [3.63, 3.8) is 0 Å². The number of nitrogens with zero attached hydrogens (tertiary/aromatic N) is 2. The molecule has 1 saturated heterocycles. The topological polar surface area (TPSA) is 58.4 Å². The molecule has 1 amide bonds. The number of hydrogen-bond donors (Lipinski definition) is 1. The lowest BCUT2D eigenvalue weighted by molar-refractivity contribution is 0.0687. The van der Waals surface area contributed by atoms with E-state index in [2.05, 4.69) is 15.0 Å². The first-order chi connectivity index (χ1) is 7.31. The molecule has 1 N–H and O–H groups in total. The maximum atomic E-state index is 11.9. The third-order valence-electron chi connectivity index (χ3n) is 2.77. The molecule has 0 radical (unpaired) electrons. The van der Waals surface area contributed by atoms with Gasteiger partial charge in [-0.25, -0.2) is 0 Å². The van der Waals surface area contributed by atoms with Crippen LogP contribution in [0.4, 0.5) is 0 Å². The molecule has 1 fully saturated rings. The largest absolute Gasteiger partial charge is 0.364 e. The van der Waals surface area contributed by atoms with Crippen molar-refractivity contribution >= 4 is 18.3 Å². The highest BCUT2D eigenvalue weighted by atomic mass is 35.5. The molecule has 0 spiro atoms. The van der Waals surface area contributed by atoms with Crippen LogP contribution in [0.5, 0.6) is 0 Å².